The second-order valence-corrected chi connectivity index (χ2v) is 15.8. The number of allylic oxidation sites excluding steroid dienone is 2. The van der Waals surface area contributed by atoms with Crippen LogP contribution in [0, 0.1) is 17.8 Å². The highest BCUT2D eigenvalue weighted by Crippen LogP contribution is 2.47. The van der Waals surface area contributed by atoms with Crippen LogP contribution in [0.25, 0.3) is 0 Å². The summed E-state index contributed by atoms with van der Waals surface area (Å²) in [4.78, 5) is 14.2. The van der Waals surface area contributed by atoms with Gasteiger partial charge in [0.1, 0.15) is 29.8 Å². The first kappa shape index (κ1) is 39.7. The molecule has 6 rings (SSSR count). The quantitative estimate of drug-likeness (QED) is 0.172. The van der Waals surface area contributed by atoms with Crippen LogP contribution in [0.15, 0.2) is 65.3 Å². The normalized spacial score (nSPS) is 40.2. The van der Waals surface area contributed by atoms with E-state index in [-0.39, 0.29) is 30.8 Å². The fourth-order valence-electron chi connectivity index (χ4n) is 8.97. The molecule has 2 bridgehead atoms. The van der Waals surface area contributed by atoms with Crippen molar-refractivity contribution in [2.75, 3.05) is 27.4 Å². The molecule has 0 aromatic heterocycles. The summed E-state index contributed by atoms with van der Waals surface area (Å²) in [5.74, 6) is -0.640. The van der Waals surface area contributed by atoms with E-state index in [0.29, 0.717) is 60.9 Å². The summed E-state index contributed by atoms with van der Waals surface area (Å²) in [5, 5.41) is 23.4. The van der Waals surface area contributed by atoms with E-state index in [1.807, 2.05) is 24.3 Å². The van der Waals surface area contributed by atoms with Crippen LogP contribution in [0.5, 0.6) is 11.5 Å². The smallest absolute Gasteiger partial charge is 0.316 e. The molecule has 10 heteroatoms. The number of ether oxygens (including phenoxy) is 7. The van der Waals surface area contributed by atoms with Gasteiger partial charge in [0, 0.05) is 31.8 Å². The van der Waals surface area contributed by atoms with Crippen molar-refractivity contribution in [1.82, 2.24) is 0 Å². The molecule has 1 aromatic carbocycles. The Bertz CT molecular complexity index is 1580. The van der Waals surface area contributed by atoms with Crippen molar-refractivity contribution >= 4 is 5.97 Å². The molecule has 4 heterocycles. The molecule has 0 unspecified atom stereocenters. The first-order valence-electron chi connectivity index (χ1n) is 19.5. The maximum atomic E-state index is 14.2. The number of fused-ring (bicyclic) bond motifs is 2. The second-order valence-electron chi connectivity index (χ2n) is 15.8. The Morgan fingerprint density at radius 1 is 1.04 bits per heavy atom. The first-order chi connectivity index (χ1) is 25.4. The van der Waals surface area contributed by atoms with Crippen molar-refractivity contribution in [3.8, 4) is 11.5 Å². The highest BCUT2D eigenvalue weighted by Gasteiger charge is 2.60. The van der Waals surface area contributed by atoms with Crippen LogP contribution in [0.4, 0.5) is 0 Å². The minimum absolute atomic E-state index is 0.0236. The number of aliphatic hydroxyl groups is 2. The molecule has 10 nitrogen and oxygen atoms in total. The van der Waals surface area contributed by atoms with E-state index in [4.69, 9.17) is 33.2 Å². The molecule has 1 aliphatic carbocycles. The summed E-state index contributed by atoms with van der Waals surface area (Å²) in [5.41, 5.74) is 1.58. The van der Waals surface area contributed by atoms with Crippen LogP contribution in [-0.4, -0.2) is 91.6 Å². The molecule has 3 saturated heterocycles. The molecule has 0 amide bonds. The largest absolute Gasteiger partial charge is 0.493 e. The van der Waals surface area contributed by atoms with Crippen molar-refractivity contribution in [3.63, 3.8) is 0 Å². The minimum atomic E-state index is -1.76. The summed E-state index contributed by atoms with van der Waals surface area (Å²) in [6.45, 7) is 11.0. The minimum Gasteiger partial charge on any atom is -0.493 e. The molecule has 11 atom stereocenters. The summed E-state index contributed by atoms with van der Waals surface area (Å²) < 4.78 is 43.5. The summed E-state index contributed by atoms with van der Waals surface area (Å²) >= 11 is 0. The lowest BCUT2D eigenvalue weighted by Gasteiger charge is -2.50. The molecule has 53 heavy (non-hydrogen) atoms. The van der Waals surface area contributed by atoms with Crippen LogP contribution in [0.2, 0.25) is 0 Å². The summed E-state index contributed by atoms with van der Waals surface area (Å²) in [6, 6.07) is 5.99. The van der Waals surface area contributed by atoms with Gasteiger partial charge in [-0.1, -0.05) is 57.2 Å². The molecule has 0 radical (unpaired) electrons. The zero-order valence-electron chi connectivity index (χ0n) is 32.5. The molecule has 3 fully saturated rings. The van der Waals surface area contributed by atoms with Crippen LogP contribution in [0.1, 0.15) is 85.1 Å². The van der Waals surface area contributed by atoms with E-state index in [9.17, 15) is 15.0 Å². The fourth-order valence-corrected chi connectivity index (χ4v) is 8.97. The van der Waals surface area contributed by atoms with Crippen molar-refractivity contribution in [2.45, 2.75) is 134 Å². The van der Waals surface area contributed by atoms with Gasteiger partial charge in [-0.15, -0.1) is 0 Å². The lowest BCUT2D eigenvalue weighted by Crippen LogP contribution is -2.58. The van der Waals surface area contributed by atoms with E-state index in [1.165, 1.54) is 0 Å². The monoisotopic (exact) mass is 736 g/mol. The van der Waals surface area contributed by atoms with Crippen LogP contribution in [0.3, 0.4) is 0 Å². The average molecular weight is 737 g/mol. The zero-order valence-corrected chi connectivity index (χ0v) is 32.5. The topological polar surface area (TPSA) is 122 Å². The Morgan fingerprint density at radius 2 is 1.83 bits per heavy atom. The summed E-state index contributed by atoms with van der Waals surface area (Å²) in [7, 11) is 3.28. The van der Waals surface area contributed by atoms with Crippen LogP contribution in [-0.2, 0) is 34.9 Å². The van der Waals surface area contributed by atoms with Crippen molar-refractivity contribution < 1.29 is 48.2 Å². The standard InChI is InChI=1S/C43H60O10/c1-8-35-26(2)18-19-42(53-35)24-33-23-32(52-42)16-14-28(4)39(49-20-10-12-30-15-17-36(47-6)37(22-30)48-7)27(3)11-9-13-31-25-50-40-38(44)29(5)21-34(41(45)51-33)43(31,40)46/h9,11,13-15,17,21-22,26-27,32-35,38-40,44,46H,8,10,12,16,18-20,23-25H2,1-7H3/b11-9+,28-14+,31-13+/t26-,27-,32+,33-,34-,35+,38+,39+,40+,42+,43+/m0/s1. The molecule has 0 saturated carbocycles. The molecule has 5 aliphatic rings. The fraction of sp³-hybridized carbons (Fsp3) is 0.651. The van der Waals surface area contributed by atoms with E-state index in [0.717, 1.165) is 36.8 Å². The highest BCUT2D eigenvalue weighted by molar-refractivity contribution is 5.78. The van der Waals surface area contributed by atoms with Gasteiger partial charge >= 0.3 is 5.97 Å². The number of esters is 1. The zero-order chi connectivity index (χ0) is 37.9. The number of rotatable bonds is 8. The Labute approximate surface area is 315 Å². The number of aliphatic hydroxyl groups excluding tert-OH is 1. The number of hydrogen-bond donors (Lipinski definition) is 2. The highest BCUT2D eigenvalue weighted by atomic mass is 16.7. The van der Waals surface area contributed by atoms with Gasteiger partial charge in [-0.2, -0.15) is 0 Å². The lowest BCUT2D eigenvalue weighted by molar-refractivity contribution is -0.335. The van der Waals surface area contributed by atoms with Gasteiger partial charge in [0.2, 0.25) is 0 Å². The number of aryl methyl sites for hydroxylation is 1. The third kappa shape index (κ3) is 8.33. The Morgan fingerprint density at radius 3 is 2.58 bits per heavy atom. The van der Waals surface area contributed by atoms with E-state index in [1.54, 1.807) is 27.2 Å². The molecule has 292 valence electrons. The maximum absolute atomic E-state index is 14.2. The molecule has 2 N–H and O–H groups in total. The third-order valence-electron chi connectivity index (χ3n) is 12.1. The van der Waals surface area contributed by atoms with Gasteiger partial charge in [0.25, 0.3) is 0 Å². The van der Waals surface area contributed by atoms with Crippen LogP contribution < -0.4 is 9.47 Å². The van der Waals surface area contributed by atoms with E-state index < -0.39 is 41.6 Å². The van der Waals surface area contributed by atoms with Gasteiger partial charge in [-0.05, 0) is 86.3 Å². The number of hydrogen-bond acceptors (Lipinski definition) is 10. The third-order valence-corrected chi connectivity index (χ3v) is 12.1. The van der Waals surface area contributed by atoms with Crippen molar-refractivity contribution in [2.24, 2.45) is 17.8 Å². The Balaban J connectivity index is 1.29. The van der Waals surface area contributed by atoms with Gasteiger partial charge in [-0.25, -0.2) is 0 Å². The van der Waals surface area contributed by atoms with E-state index >= 15 is 0 Å². The molecular weight excluding hydrogens is 676 g/mol. The van der Waals surface area contributed by atoms with E-state index in [2.05, 4.69) is 45.9 Å². The molecule has 1 spiro atoms. The number of carbonyl (C=O) groups excluding carboxylic acids is 1. The van der Waals surface area contributed by atoms with Crippen molar-refractivity contribution in [1.29, 1.82) is 0 Å². The number of benzene rings is 1. The van der Waals surface area contributed by atoms with Gasteiger partial charge in [0.05, 0.1) is 39.1 Å². The lowest BCUT2D eigenvalue weighted by atomic mass is 9.71. The second kappa shape index (κ2) is 16.8. The molecule has 1 aromatic rings. The van der Waals surface area contributed by atoms with Gasteiger partial charge < -0.3 is 43.4 Å². The van der Waals surface area contributed by atoms with Crippen LogP contribution >= 0.6 is 0 Å². The molecular formula is C43H60O10. The Kier molecular flexibility index (Phi) is 12.6. The average Bonchev–Trinajstić information content (AvgIpc) is 3.49. The Hall–Kier alpha value is -2.99. The van der Waals surface area contributed by atoms with Crippen molar-refractivity contribution in [3.05, 3.63) is 70.9 Å². The van der Waals surface area contributed by atoms with Gasteiger partial charge in [-0.3, -0.25) is 4.79 Å². The maximum Gasteiger partial charge on any atom is 0.316 e. The molecule has 4 aliphatic heterocycles. The predicted molar refractivity (Wildman–Crippen MR) is 201 cm³/mol. The van der Waals surface area contributed by atoms with Gasteiger partial charge in [0.15, 0.2) is 17.3 Å². The number of carbonyl (C=O) groups is 1. The predicted octanol–water partition coefficient (Wildman–Crippen LogP) is 6.57. The first-order valence-corrected chi connectivity index (χ1v) is 19.5. The number of methoxy groups -OCH3 is 2. The summed E-state index contributed by atoms with van der Waals surface area (Å²) in [6.07, 6.45) is 12.4. The SMILES string of the molecule is CC[C@H]1O[C@]2(CC[C@@H]1C)C[C@@H]1C[C@@H](C/C=C(\C)[C@H](OCCCc3ccc(OC)c(OC)c3)[C@@H](C)/C=C/C=C3\CO[C@@H]4[C@H](O)C(C)=C[C@@H](C(=O)O1)[C@]34O)O2.